The molecule has 3 fully saturated rings. The second kappa shape index (κ2) is 3.70. The number of aliphatic hydroxyl groups is 1. The number of carbonyl (C=O) groups is 1. The van der Waals surface area contributed by atoms with Gasteiger partial charge in [0, 0.05) is 17.4 Å². The van der Waals surface area contributed by atoms with Crippen molar-refractivity contribution in [1.82, 2.24) is 0 Å². The summed E-state index contributed by atoms with van der Waals surface area (Å²) < 4.78 is 5.52. The molecular formula is C15H20O3. The summed E-state index contributed by atoms with van der Waals surface area (Å²) in [4.78, 5) is 11.7. The molecule has 0 amide bonds. The van der Waals surface area contributed by atoms with Crippen LogP contribution in [0.1, 0.15) is 32.6 Å². The zero-order chi connectivity index (χ0) is 13.1. The van der Waals surface area contributed by atoms with Crippen molar-refractivity contribution in [2.75, 3.05) is 0 Å². The molecule has 1 N–H and O–H groups in total. The van der Waals surface area contributed by atoms with Crippen molar-refractivity contribution < 1.29 is 14.6 Å². The van der Waals surface area contributed by atoms with Crippen LogP contribution in [0, 0.1) is 17.8 Å². The van der Waals surface area contributed by atoms with E-state index in [1.165, 1.54) is 5.57 Å². The Hall–Kier alpha value is -1.09. The van der Waals surface area contributed by atoms with Crippen molar-refractivity contribution in [3.63, 3.8) is 0 Å². The molecule has 0 spiro atoms. The Morgan fingerprint density at radius 3 is 2.78 bits per heavy atom. The summed E-state index contributed by atoms with van der Waals surface area (Å²) in [5.74, 6) is 0.0576. The van der Waals surface area contributed by atoms with Gasteiger partial charge in [0.15, 0.2) is 0 Å². The lowest BCUT2D eigenvalue weighted by molar-refractivity contribution is -0.146. The summed E-state index contributed by atoms with van der Waals surface area (Å²) >= 11 is 0. The van der Waals surface area contributed by atoms with Gasteiger partial charge >= 0.3 is 5.97 Å². The van der Waals surface area contributed by atoms with Gasteiger partial charge in [0.05, 0.1) is 5.60 Å². The van der Waals surface area contributed by atoms with Crippen LogP contribution in [-0.4, -0.2) is 22.8 Å². The van der Waals surface area contributed by atoms with E-state index in [-0.39, 0.29) is 29.8 Å². The Bertz CT molecular complexity index is 435. The van der Waals surface area contributed by atoms with Crippen LogP contribution in [0.4, 0.5) is 0 Å². The summed E-state index contributed by atoms with van der Waals surface area (Å²) in [6.07, 6.45) is 3.29. The first-order valence-corrected chi connectivity index (χ1v) is 6.71. The van der Waals surface area contributed by atoms with Crippen molar-refractivity contribution >= 4 is 5.97 Å². The first-order valence-electron chi connectivity index (χ1n) is 6.71. The highest BCUT2D eigenvalue weighted by Crippen LogP contribution is 2.53. The maximum atomic E-state index is 11.7. The second-order valence-corrected chi connectivity index (χ2v) is 6.23. The molecule has 18 heavy (non-hydrogen) atoms. The number of fused-ring (bicyclic) bond motifs is 3. The van der Waals surface area contributed by atoms with Gasteiger partial charge in [0.1, 0.15) is 6.10 Å². The Morgan fingerprint density at radius 2 is 2.06 bits per heavy atom. The molecule has 0 bridgehead atoms. The number of allylic oxidation sites excluding steroid dienone is 1. The lowest BCUT2D eigenvalue weighted by atomic mass is 9.77. The summed E-state index contributed by atoms with van der Waals surface area (Å²) in [6.45, 7) is 9.90. The van der Waals surface area contributed by atoms with Crippen LogP contribution in [-0.2, 0) is 9.53 Å². The molecule has 1 saturated heterocycles. The van der Waals surface area contributed by atoms with Crippen molar-refractivity contribution in [3.8, 4) is 0 Å². The molecule has 3 heteroatoms. The van der Waals surface area contributed by atoms with Crippen LogP contribution >= 0.6 is 0 Å². The van der Waals surface area contributed by atoms with E-state index in [9.17, 15) is 9.90 Å². The third kappa shape index (κ3) is 1.50. The van der Waals surface area contributed by atoms with Gasteiger partial charge in [0.2, 0.25) is 0 Å². The van der Waals surface area contributed by atoms with Gasteiger partial charge < -0.3 is 9.84 Å². The highest BCUT2D eigenvalue weighted by molar-refractivity contribution is 5.90. The smallest absolute Gasteiger partial charge is 0.334 e. The molecule has 2 saturated carbocycles. The van der Waals surface area contributed by atoms with Gasteiger partial charge in [-0.1, -0.05) is 18.7 Å². The topological polar surface area (TPSA) is 46.5 Å². The molecule has 3 rings (SSSR count). The predicted molar refractivity (Wildman–Crippen MR) is 67.7 cm³/mol. The number of ether oxygens (including phenoxy) is 1. The third-order valence-electron chi connectivity index (χ3n) is 5.12. The molecule has 0 aromatic heterocycles. The van der Waals surface area contributed by atoms with E-state index >= 15 is 0 Å². The number of hydrogen-bond acceptors (Lipinski definition) is 3. The van der Waals surface area contributed by atoms with Gasteiger partial charge in [0.25, 0.3) is 0 Å². The number of carbonyl (C=O) groups excluding carboxylic acids is 1. The van der Waals surface area contributed by atoms with Crippen LogP contribution in [0.15, 0.2) is 24.3 Å². The Morgan fingerprint density at radius 1 is 1.33 bits per heavy atom. The van der Waals surface area contributed by atoms with Crippen LogP contribution in [0.3, 0.4) is 0 Å². The maximum Gasteiger partial charge on any atom is 0.334 e. The second-order valence-electron chi connectivity index (χ2n) is 6.23. The molecule has 3 aliphatic rings. The van der Waals surface area contributed by atoms with E-state index in [2.05, 4.69) is 13.2 Å². The molecule has 3 nitrogen and oxygen atoms in total. The molecule has 1 heterocycles. The van der Waals surface area contributed by atoms with Crippen LogP contribution in [0.5, 0.6) is 0 Å². The molecule has 5 atom stereocenters. The van der Waals surface area contributed by atoms with Crippen LogP contribution < -0.4 is 0 Å². The molecule has 1 unspecified atom stereocenters. The van der Waals surface area contributed by atoms with E-state index in [0.717, 1.165) is 25.7 Å². The summed E-state index contributed by atoms with van der Waals surface area (Å²) in [5.41, 5.74) is 1.03. The van der Waals surface area contributed by atoms with E-state index in [0.29, 0.717) is 5.57 Å². The maximum absolute atomic E-state index is 11.7. The average molecular weight is 248 g/mol. The van der Waals surface area contributed by atoms with Crippen molar-refractivity contribution in [3.05, 3.63) is 24.3 Å². The minimum Gasteiger partial charge on any atom is -0.458 e. The first-order chi connectivity index (χ1) is 8.42. The van der Waals surface area contributed by atoms with E-state index < -0.39 is 5.60 Å². The third-order valence-corrected chi connectivity index (χ3v) is 5.12. The van der Waals surface area contributed by atoms with Crippen molar-refractivity contribution in [2.45, 2.75) is 44.3 Å². The molecular weight excluding hydrogens is 228 g/mol. The largest absolute Gasteiger partial charge is 0.458 e. The Labute approximate surface area is 108 Å². The van der Waals surface area contributed by atoms with Gasteiger partial charge in [-0.05, 0) is 38.5 Å². The van der Waals surface area contributed by atoms with Crippen LogP contribution in [0.2, 0.25) is 0 Å². The SMILES string of the molecule is C=C1CC[C@H]2C(=C)C(=O)O[C@@H]2C2[C@H]1CC[C@@]2(C)O. The number of rotatable bonds is 0. The summed E-state index contributed by atoms with van der Waals surface area (Å²) in [5, 5.41) is 10.6. The molecule has 0 aromatic rings. The van der Waals surface area contributed by atoms with Crippen molar-refractivity contribution in [2.24, 2.45) is 17.8 Å². The number of esters is 1. The lowest BCUT2D eigenvalue weighted by Crippen LogP contribution is -2.42. The monoisotopic (exact) mass is 248 g/mol. The fraction of sp³-hybridized carbons (Fsp3) is 0.667. The molecule has 0 radical (unpaired) electrons. The van der Waals surface area contributed by atoms with E-state index in [1.54, 1.807) is 0 Å². The Balaban J connectivity index is 2.02. The van der Waals surface area contributed by atoms with E-state index in [1.807, 2.05) is 6.92 Å². The molecule has 1 aliphatic heterocycles. The molecule has 2 aliphatic carbocycles. The Kier molecular flexibility index (Phi) is 2.46. The van der Waals surface area contributed by atoms with Crippen molar-refractivity contribution in [1.29, 1.82) is 0 Å². The normalized spacial score (nSPS) is 47.6. The average Bonchev–Trinajstić information content (AvgIpc) is 2.69. The fourth-order valence-electron chi connectivity index (χ4n) is 4.09. The lowest BCUT2D eigenvalue weighted by Gasteiger charge is -2.34. The van der Waals surface area contributed by atoms with Gasteiger partial charge in [-0.25, -0.2) is 4.79 Å². The minimum atomic E-state index is -0.758. The molecule has 98 valence electrons. The highest BCUT2D eigenvalue weighted by atomic mass is 16.6. The molecule has 0 aromatic carbocycles. The zero-order valence-electron chi connectivity index (χ0n) is 10.8. The fourth-order valence-corrected chi connectivity index (χ4v) is 4.09. The predicted octanol–water partition coefficient (Wildman–Crippen LogP) is 2.21. The standard InChI is InChI=1S/C15H20O3/c1-8-4-5-11-9(2)14(16)18-13(11)12-10(8)6-7-15(12,3)17/h10-13,17H,1-2,4-7H2,3H3/t10-,11-,12?,13-,15+/m0/s1. The van der Waals surface area contributed by atoms with Gasteiger partial charge in [-0.15, -0.1) is 0 Å². The highest BCUT2D eigenvalue weighted by Gasteiger charge is 2.56. The zero-order valence-corrected chi connectivity index (χ0v) is 10.8. The van der Waals surface area contributed by atoms with Crippen LogP contribution in [0.25, 0.3) is 0 Å². The minimum absolute atomic E-state index is 0.0132. The first kappa shape index (κ1) is 12.0. The van der Waals surface area contributed by atoms with Gasteiger partial charge in [-0.3, -0.25) is 0 Å². The summed E-state index contributed by atoms with van der Waals surface area (Å²) in [6, 6.07) is 0. The van der Waals surface area contributed by atoms with E-state index in [4.69, 9.17) is 4.74 Å². The van der Waals surface area contributed by atoms with Gasteiger partial charge in [-0.2, -0.15) is 0 Å². The number of hydrogen-bond donors (Lipinski definition) is 1. The quantitative estimate of drug-likeness (QED) is 0.406. The summed E-state index contributed by atoms with van der Waals surface area (Å²) in [7, 11) is 0.